The Morgan fingerprint density at radius 3 is 2.08 bits per heavy atom. The number of benzene rings is 2. The molecule has 0 radical (unpaired) electrons. The van der Waals surface area contributed by atoms with Crippen molar-refractivity contribution in [2.24, 2.45) is 0 Å². The van der Waals surface area contributed by atoms with Crippen molar-refractivity contribution >= 4 is 17.5 Å². The SMILES string of the molecule is C/C=C/C1=C(OC(=O)c2ccccc2)C(=O)c2ccccc2C1=O. The van der Waals surface area contributed by atoms with Gasteiger partial charge in [-0.05, 0) is 19.1 Å². The number of hydrogen-bond acceptors (Lipinski definition) is 4. The molecule has 2 aromatic carbocycles. The second-order valence-corrected chi connectivity index (χ2v) is 5.20. The van der Waals surface area contributed by atoms with E-state index in [0.717, 1.165) is 0 Å². The number of fused-ring (bicyclic) bond motifs is 1. The summed E-state index contributed by atoms with van der Waals surface area (Å²) in [5.41, 5.74) is 0.955. The molecular weight excluding hydrogens is 304 g/mol. The minimum Gasteiger partial charge on any atom is -0.418 e. The summed E-state index contributed by atoms with van der Waals surface area (Å²) in [6.07, 6.45) is 3.12. The van der Waals surface area contributed by atoms with Crippen molar-refractivity contribution in [1.29, 1.82) is 0 Å². The Hall–Kier alpha value is -3.27. The molecule has 0 saturated heterocycles. The average molecular weight is 318 g/mol. The maximum atomic E-state index is 12.7. The summed E-state index contributed by atoms with van der Waals surface area (Å²) in [6.45, 7) is 1.72. The standard InChI is InChI=1S/C20H14O4/c1-2-8-16-17(21)14-11-6-7-12-15(14)18(22)19(16)24-20(23)13-9-4-3-5-10-13/h2-12H,1H3/b8-2+. The molecule has 0 saturated carbocycles. The lowest BCUT2D eigenvalue weighted by Gasteiger charge is -2.18. The van der Waals surface area contributed by atoms with Gasteiger partial charge in [0.2, 0.25) is 5.78 Å². The number of carbonyl (C=O) groups excluding carboxylic acids is 3. The smallest absolute Gasteiger partial charge is 0.343 e. The van der Waals surface area contributed by atoms with Crippen LogP contribution in [0.25, 0.3) is 0 Å². The molecule has 0 fully saturated rings. The third-order valence-electron chi connectivity index (χ3n) is 3.65. The van der Waals surface area contributed by atoms with Gasteiger partial charge < -0.3 is 4.74 Å². The van der Waals surface area contributed by atoms with Gasteiger partial charge in [-0.1, -0.05) is 54.6 Å². The highest BCUT2D eigenvalue weighted by Crippen LogP contribution is 2.28. The van der Waals surface area contributed by atoms with Crippen molar-refractivity contribution in [2.45, 2.75) is 6.92 Å². The largest absolute Gasteiger partial charge is 0.418 e. The molecule has 4 nitrogen and oxygen atoms in total. The summed E-state index contributed by atoms with van der Waals surface area (Å²) in [4.78, 5) is 37.6. The highest BCUT2D eigenvalue weighted by atomic mass is 16.5. The second kappa shape index (κ2) is 6.46. The van der Waals surface area contributed by atoms with E-state index < -0.39 is 11.8 Å². The average Bonchev–Trinajstić information content (AvgIpc) is 2.63. The molecule has 24 heavy (non-hydrogen) atoms. The first-order valence-corrected chi connectivity index (χ1v) is 7.46. The van der Waals surface area contributed by atoms with Crippen LogP contribution in [-0.2, 0) is 4.74 Å². The van der Waals surface area contributed by atoms with E-state index in [1.165, 1.54) is 6.08 Å². The number of hydrogen-bond donors (Lipinski definition) is 0. The Morgan fingerprint density at radius 2 is 1.46 bits per heavy atom. The van der Waals surface area contributed by atoms with E-state index in [-0.39, 0.29) is 22.7 Å². The van der Waals surface area contributed by atoms with Gasteiger partial charge in [0.05, 0.1) is 11.1 Å². The number of allylic oxidation sites excluding steroid dienone is 4. The van der Waals surface area contributed by atoms with Crippen LogP contribution < -0.4 is 0 Å². The second-order valence-electron chi connectivity index (χ2n) is 5.20. The van der Waals surface area contributed by atoms with E-state index in [0.29, 0.717) is 11.1 Å². The van der Waals surface area contributed by atoms with E-state index in [1.54, 1.807) is 67.6 Å². The number of ether oxygens (including phenoxy) is 1. The van der Waals surface area contributed by atoms with E-state index in [9.17, 15) is 14.4 Å². The van der Waals surface area contributed by atoms with Crippen molar-refractivity contribution in [3.05, 3.63) is 94.8 Å². The Bertz CT molecular complexity index is 889. The molecule has 0 heterocycles. The number of Topliss-reactive ketones (excluding diaryl/α,β-unsaturated/α-hetero) is 2. The Labute approximate surface area is 139 Å². The van der Waals surface area contributed by atoms with Gasteiger partial charge in [-0.2, -0.15) is 0 Å². The molecule has 0 aliphatic heterocycles. The van der Waals surface area contributed by atoms with Crippen LogP contribution in [0.5, 0.6) is 0 Å². The van der Waals surface area contributed by atoms with Crippen LogP contribution in [0.15, 0.2) is 78.1 Å². The zero-order chi connectivity index (χ0) is 17.1. The van der Waals surface area contributed by atoms with Crippen molar-refractivity contribution in [3.63, 3.8) is 0 Å². The highest BCUT2D eigenvalue weighted by molar-refractivity contribution is 6.27. The topological polar surface area (TPSA) is 60.4 Å². The van der Waals surface area contributed by atoms with Crippen LogP contribution in [0.3, 0.4) is 0 Å². The quantitative estimate of drug-likeness (QED) is 0.809. The summed E-state index contributed by atoms with van der Waals surface area (Å²) >= 11 is 0. The molecule has 0 amide bonds. The number of carbonyl (C=O) groups is 3. The molecule has 0 aromatic heterocycles. The molecule has 0 atom stereocenters. The lowest BCUT2D eigenvalue weighted by Crippen LogP contribution is -2.24. The van der Waals surface area contributed by atoms with Crippen molar-refractivity contribution in [2.75, 3.05) is 0 Å². The molecular formula is C20H14O4. The van der Waals surface area contributed by atoms with Gasteiger partial charge in [0.1, 0.15) is 0 Å². The van der Waals surface area contributed by atoms with Crippen LogP contribution in [0.4, 0.5) is 0 Å². The van der Waals surface area contributed by atoms with E-state index in [1.807, 2.05) is 0 Å². The minimum atomic E-state index is -0.673. The number of esters is 1. The molecule has 0 spiro atoms. The first-order valence-electron chi connectivity index (χ1n) is 7.46. The van der Waals surface area contributed by atoms with E-state index in [2.05, 4.69) is 0 Å². The zero-order valence-corrected chi connectivity index (χ0v) is 13.0. The fourth-order valence-electron chi connectivity index (χ4n) is 2.52. The third-order valence-corrected chi connectivity index (χ3v) is 3.65. The lowest BCUT2D eigenvalue weighted by atomic mass is 9.88. The first-order chi connectivity index (χ1) is 11.6. The predicted octanol–water partition coefficient (Wildman–Crippen LogP) is 3.75. The molecule has 0 unspecified atom stereocenters. The molecule has 118 valence electrons. The van der Waals surface area contributed by atoms with Gasteiger partial charge in [0.25, 0.3) is 0 Å². The Kier molecular flexibility index (Phi) is 4.20. The zero-order valence-electron chi connectivity index (χ0n) is 13.0. The maximum Gasteiger partial charge on any atom is 0.343 e. The highest BCUT2D eigenvalue weighted by Gasteiger charge is 2.33. The van der Waals surface area contributed by atoms with Crippen molar-refractivity contribution < 1.29 is 19.1 Å². The van der Waals surface area contributed by atoms with Gasteiger partial charge >= 0.3 is 5.97 Å². The number of ketones is 2. The van der Waals surface area contributed by atoms with Crippen LogP contribution in [-0.4, -0.2) is 17.5 Å². The fraction of sp³-hybridized carbons (Fsp3) is 0.0500. The molecule has 3 rings (SSSR count). The van der Waals surface area contributed by atoms with Crippen LogP contribution >= 0.6 is 0 Å². The number of rotatable bonds is 3. The van der Waals surface area contributed by atoms with Gasteiger partial charge in [-0.15, -0.1) is 0 Å². The fourth-order valence-corrected chi connectivity index (χ4v) is 2.52. The lowest BCUT2D eigenvalue weighted by molar-refractivity contribution is 0.0581. The molecule has 2 aromatic rings. The van der Waals surface area contributed by atoms with Crippen LogP contribution in [0, 0.1) is 0 Å². The van der Waals surface area contributed by atoms with Crippen molar-refractivity contribution in [1.82, 2.24) is 0 Å². The van der Waals surface area contributed by atoms with Gasteiger partial charge in [0.15, 0.2) is 11.5 Å². The summed E-state index contributed by atoms with van der Waals surface area (Å²) in [6, 6.07) is 14.8. The van der Waals surface area contributed by atoms with Gasteiger partial charge in [-0.3, -0.25) is 9.59 Å². The molecule has 0 N–H and O–H groups in total. The first kappa shape index (κ1) is 15.6. The molecule has 0 bridgehead atoms. The maximum absolute atomic E-state index is 12.7. The monoisotopic (exact) mass is 318 g/mol. The van der Waals surface area contributed by atoms with E-state index >= 15 is 0 Å². The minimum absolute atomic E-state index is 0.0884. The van der Waals surface area contributed by atoms with Crippen LogP contribution in [0.2, 0.25) is 0 Å². The summed E-state index contributed by atoms with van der Waals surface area (Å²) in [7, 11) is 0. The van der Waals surface area contributed by atoms with Crippen LogP contribution in [0.1, 0.15) is 38.0 Å². The summed E-state index contributed by atoms with van der Waals surface area (Å²) < 4.78 is 5.30. The third kappa shape index (κ3) is 2.70. The Morgan fingerprint density at radius 1 is 0.875 bits per heavy atom. The molecule has 1 aliphatic carbocycles. The summed E-state index contributed by atoms with van der Waals surface area (Å²) in [5, 5.41) is 0. The van der Waals surface area contributed by atoms with E-state index in [4.69, 9.17) is 4.74 Å². The predicted molar refractivity (Wildman–Crippen MR) is 88.8 cm³/mol. The van der Waals surface area contributed by atoms with Gasteiger partial charge in [0, 0.05) is 11.1 Å². The summed E-state index contributed by atoms with van der Waals surface area (Å²) in [5.74, 6) is -1.71. The molecule has 4 heteroatoms. The van der Waals surface area contributed by atoms with Crippen molar-refractivity contribution in [3.8, 4) is 0 Å². The molecule has 1 aliphatic rings. The Balaban J connectivity index is 2.06. The normalized spacial score (nSPS) is 14.0. The van der Waals surface area contributed by atoms with Gasteiger partial charge in [-0.25, -0.2) is 4.79 Å².